The van der Waals surface area contributed by atoms with Crippen molar-refractivity contribution < 1.29 is 4.79 Å². The highest BCUT2D eigenvalue weighted by Gasteiger charge is 2.24. The van der Waals surface area contributed by atoms with E-state index in [1.54, 1.807) is 18.5 Å². The van der Waals surface area contributed by atoms with E-state index in [0.29, 0.717) is 11.3 Å². The van der Waals surface area contributed by atoms with Crippen molar-refractivity contribution in [3.8, 4) is 0 Å². The average Bonchev–Trinajstić information content (AvgIpc) is 2.99. The van der Waals surface area contributed by atoms with Gasteiger partial charge >= 0.3 is 0 Å². The molecule has 19 heavy (non-hydrogen) atoms. The largest absolute Gasteiger partial charge is 0.359 e. The number of rotatable bonds is 2. The van der Waals surface area contributed by atoms with Gasteiger partial charge in [0.1, 0.15) is 5.71 Å². The number of H-pyrrole nitrogens is 1. The lowest BCUT2D eigenvalue weighted by Gasteiger charge is -2.00. The first-order valence-corrected chi connectivity index (χ1v) is 5.90. The Hall–Kier alpha value is -2.69. The molecule has 2 N–H and O–H groups in total. The lowest BCUT2D eigenvalue weighted by Crippen LogP contribution is -2.13. The van der Waals surface area contributed by atoms with Crippen LogP contribution in [0.1, 0.15) is 17.0 Å². The standard InChI is InChI=1S/C14H12N4O/c1-9-4-5-11(16-9)7-12-13(17-18-14(12)19)10-3-2-6-15-8-10/h2-8,16H,1H3,(H,18,19). The van der Waals surface area contributed by atoms with Crippen LogP contribution in [0.3, 0.4) is 0 Å². The van der Waals surface area contributed by atoms with E-state index in [9.17, 15) is 4.79 Å². The number of nitrogens with one attached hydrogen (secondary N) is 2. The first kappa shape index (κ1) is 11.4. The van der Waals surface area contributed by atoms with Crippen molar-refractivity contribution in [2.75, 3.05) is 0 Å². The van der Waals surface area contributed by atoms with Gasteiger partial charge in [-0.1, -0.05) is 0 Å². The van der Waals surface area contributed by atoms with Gasteiger partial charge in [0.15, 0.2) is 0 Å². The van der Waals surface area contributed by atoms with Gasteiger partial charge in [0, 0.05) is 29.3 Å². The average molecular weight is 252 g/mol. The number of nitrogens with zero attached hydrogens (tertiary/aromatic N) is 2. The van der Waals surface area contributed by atoms with Crippen molar-refractivity contribution in [2.24, 2.45) is 5.10 Å². The van der Waals surface area contributed by atoms with Crippen LogP contribution in [-0.2, 0) is 4.79 Å². The third kappa shape index (κ3) is 2.18. The molecule has 0 saturated heterocycles. The second kappa shape index (κ2) is 4.53. The van der Waals surface area contributed by atoms with Crippen LogP contribution in [0.15, 0.2) is 47.3 Å². The molecule has 2 aromatic heterocycles. The van der Waals surface area contributed by atoms with Crippen LogP contribution in [0.5, 0.6) is 0 Å². The first-order chi connectivity index (χ1) is 9.24. The van der Waals surface area contributed by atoms with E-state index in [-0.39, 0.29) is 5.91 Å². The molecule has 2 aromatic rings. The van der Waals surface area contributed by atoms with E-state index in [0.717, 1.165) is 17.0 Å². The summed E-state index contributed by atoms with van der Waals surface area (Å²) in [6.07, 6.45) is 5.17. The smallest absolute Gasteiger partial charge is 0.273 e. The van der Waals surface area contributed by atoms with Crippen LogP contribution >= 0.6 is 0 Å². The van der Waals surface area contributed by atoms with Crippen LogP contribution < -0.4 is 5.43 Å². The summed E-state index contributed by atoms with van der Waals surface area (Å²) in [5.74, 6) is -0.203. The number of hydrazone groups is 1. The molecule has 0 aliphatic carbocycles. The maximum atomic E-state index is 11.8. The SMILES string of the molecule is Cc1ccc(C=C2C(=O)NN=C2c2cccnc2)[nH]1. The summed E-state index contributed by atoms with van der Waals surface area (Å²) in [5, 5.41) is 4.07. The zero-order chi connectivity index (χ0) is 13.2. The lowest BCUT2D eigenvalue weighted by atomic mass is 10.0. The number of aromatic nitrogens is 2. The molecule has 1 aliphatic rings. The summed E-state index contributed by atoms with van der Waals surface area (Å²) >= 11 is 0. The minimum Gasteiger partial charge on any atom is -0.359 e. The van der Waals surface area contributed by atoms with Crippen molar-refractivity contribution in [3.63, 3.8) is 0 Å². The van der Waals surface area contributed by atoms with E-state index in [1.165, 1.54) is 0 Å². The summed E-state index contributed by atoms with van der Waals surface area (Å²) in [6.45, 7) is 1.97. The Bertz CT molecular complexity index is 682. The topological polar surface area (TPSA) is 70.1 Å². The molecule has 5 nitrogen and oxygen atoms in total. The summed E-state index contributed by atoms with van der Waals surface area (Å²) in [4.78, 5) is 19.1. The molecule has 3 heterocycles. The summed E-state index contributed by atoms with van der Waals surface area (Å²) in [5.41, 5.74) is 6.37. The fraction of sp³-hybridized carbons (Fsp3) is 0.0714. The summed E-state index contributed by atoms with van der Waals surface area (Å²) in [7, 11) is 0. The number of carbonyl (C=O) groups is 1. The van der Waals surface area contributed by atoms with E-state index >= 15 is 0 Å². The van der Waals surface area contributed by atoms with Crippen LogP contribution in [0.25, 0.3) is 6.08 Å². The molecule has 0 unspecified atom stereocenters. The molecule has 3 rings (SSSR count). The number of hydrogen-bond acceptors (Lipinski definition) is 3. The highest BCUT2D eigenvalue weighted by molar-refractivity contribution is 6.33. The van der Waals surface area contributed by atoms with Gasteiger partial charge < -0.3 is 4.98 Å². The number of pyridine rings is 1. The second-order valence-corrected chi connectivity index (χ2v) is 4.30. The predicted molar refractivity (Wildman–Crippen MR) is 72.4 cm³/mol. The molecule has 0 spiro atoms. The Kier molecular flexibility index (Phi) is 2.72. The number of amides is 1. The maximum Gasteiger partial charge on any atom is 0.273 e. The Morgan fingerprint density at radius 2 is 2.16 bits per heavy atom. The van der Waals surface area contributed by atoms with Crippen LogP contribution in [0.4, 0.5) is 0 Å². The molecule has 1 amide bonds. The molecule has 0 saturated carbocycles. The van der Waals surface area contributed by atoms with Crippen LogP contribution in [-0.4, -0.2) is 21.6 Å². The third-order valence-electron chi connectivity index (χ3n) is 2.86. The van der Waals surface area contributed by atoms with Gasteiger partial charge in [-0.3, -0.25) is 9.78 Å². The minimum atomic E-state index is -0.203. The zero-order valence-corrected chi connectivity index (χ0v) is 10.3. The molecular weight excluding hydrogens is 240 g/mol. The van der Waals surface area contributed by atoms with Crippen molar-refractivity contribution in [1.82, 2.24) is 15.4 Å². The molecule has 1 aliphatic heterocycles. The number of hydrogen-bond donors (Lipinski definition) is 2. The molecule has 0 aromatic carbocycles. The van der Waals surface area contributed by atoms with Crippen LogP contribution in [0.2, 0.25) is 0 Å². The van der Waals surface area contributed by atoms with Gasteiger partial charge in [0.2, 0.25) is 0 Å². The summed E-state index contributed by atoms with van der Waals surface area (Å²) in [6, 6.07) is 7.58. The van der Waals surface area contributed by atoms with Crippen molar-refractivity contribution in [1.29, 1.82) is 0 Å². The highest BCUT2D eigenvalue weighted by atomic mass is 16.2. The lowest BCUT2D eigenvalue weighted by molar-refractivity contribution is -0.116. The van der Waals surface area contributed by atoms with Gasteiger partial charge in [-0.25, -0.2) is 5.43 Å². The van der Waals surface area contributed by atoms with Gasteiger partial charge in [0.25, 0.3) is 5.91 Å². The molecular formula is C14H12N4O. The fourth-order valence-electron chi connectivity index (χ4n) is 1.96. The Morgan fingerprint density at radius 3 is 2.84 bits per heavy atom. The Balaban J connectivity index is 2.01. The Labute approximate surface area is 110 Å². The second-order valence-electron chi connectivity index (χ2n) is 4.30. The number of aryl methyl sites for hydroxylation is 1. The minimum absolute atomic E-state index is 0.203. The van der Waals surface area contributed by atoms with Gasteiger partial charge in [-0.05, 0) is 37.3 Å². The van der Waals surface area contributed by atoms with E-state index in [2.05, 4.69) is 20.5 Å². The van der Waals surface area contributed by atoms with E-state index < -0.39 is 0 Å². The zero-order valence-electron chi connectivity index (χ0n) is 10.3. The van der Waals surface area contributed by atoms with Crippen molar-refractivity contribution >= 4 is 17.7 Å². The van der Waals surface area contributed by atoms with Crippen LogP contribution in [0, 0.1) is 6.92 Å². The highest BCUT2D eigenvalue weighted by Crippen LogP contribution is 2.16. The molecule has 0 bridgehead atoms. The quantitative estimate of drug-likeness (QED) is 0.797. The normalized spacial score (nSPS) is 16.6. The van der Waals surface area contributed by atoms with Gasteiger partial charge in [-0.15, -0.1) is 0 Å². The molecule has 94 valence electrons. The fourth-order valence-corrected chi connectivity index (χ4v) is 1.96. The molecule has 0 fully saturated rings. The monoisotopic (exact) mass is 252 g/mol. The van der Waals surface area contributed by atoms with Gasteiger partial charge in [0.05, 0.1) is 5.57 Å². The maximum absolute atomic E-state index is 11.8. The Morgan fingerprint density at radius 1 is 1.26 bits per heavy atom. The first-order valence-electron chi connectivity index (χ1n) is 5.90. The van der Waals surface area contributed by atoms with Gasteiger partial charge in [-0.2, -0.15) is 5.10 Å². The molecule has 5 heteroatoms. The third-order valence-corrected chi connectivity index (χ3v) is 2.86. The van der Waals surface area contributed by atoms with E-state index in [1.807, 2.05) is 31.2 Å². The number of aromatic amines is 1. The molecule has 0 radical (unpaired) electrons. The van der Waals surface area contributed by atoms with E-state index in [4.69, 9.17) is 0 Å². The molecule has 0 atom stereocenters. The predicted octanol–water partition coefficient (Wildman–Crippen LogP) is 1.64. The van der Waals surface area contributed by atoms with Crippen molar-refractivity contribution in [2.45, 2.75) is 6.92 Å². The number of carbonyl (C=O) groups excluding carboxylic acids is 1. The van der Waals surface area contributed by atoms with Crippen molar-refractivity contribution in [3.05, 3.63) is 59.2 Å². The summed E-state index contributed by atoms with van der Waals surface area (Å²) < 4.78 is 0.